The van der Waals surface area contributed by atoms with Gasteiger partial charge in [0.05, 0.1) is 6.61 Å². The lowest BCUT2D eigenvalue weighted by molar-refractivity contribution is -0.597. The van der Waals surface area contributed by atoms with Crippen LogP contribution in [0.2, 0.25) is 0 Å². The molecule has 0 aliphatic carbocycles. The van der Waals surface area contributed by atoms with Gasteiger partial charge < -0.3 is 4.74 Å². The number of rotatable bonds is 7. The molecule has 2 aromatic carbocycles. The molecule has 0 aliphatic heterocycles. The van der Waals surface area contributed by atoms with Crippen LogP contribution in [0.5, 0.6) is 5.75 Å². The van der Waals surface area contributed by atoms with Crippen molar-refractivity contribution < 1.29 is 25.9 Å². The van der Waals surface area contributed by atoms with Crippen LogP contribution < -0.4 is 25.9 Å². The summed E-state index contributed by atoms with van der Waals surface area (Å²) in [6.45, 7) is 5.29. The number of benzene rings is 2. The van der Waals surface area contributed by atoms with Crippen LogP contribution in [0, 0.1) is 13.1 Å². The summed E-state index contributed by atoms with van der Waals surface area (Å²) in [6.07, 6.45) is 2.46. The molecule has 0 fully saturated rings. The molecule has 0 spiro atoms. The maximum absolute atomic E-state index is 5.84. The average Bonchev–Trinajstić information content (AvgIpc) is 2.48. The van der Waals surface area contributed by atoms with Gasteiger partial charge >= 0.3 is 21.2 Å². The minimum Gasteiger partial charge on any atom is -0.493 e. The summed E-state index contributed by atoms with van der Waals surface area (Å²) in [7, 11) is 0. The summed E-state index contributed by atoms with van der Waals surface area (Å²) in [5.74, 6) is 1.63. The molecule has 0 amide bonds. The Morgan fingerprint density at radius 1 is 0.950 bits per heavy atom. The Hall–Kier alpha value is -1.03. The third kappa shape index (κ3) is 5.16. The van der Waals surface area contributed by atoms with Crippen molar-refractivity contribution in [1.82, 2.24) is 0 Å². The maximum Gasteiger partial charge on any atom is 0.357 e. The molecule has 0 bridgehead atoms. The van der Waals surface area contributed by atoms with Crippen molar-refractivity contribution >= 4 is 0 Å². The van der Waals surface area contributed by atoms with Gasteiger partial charge in [-0.05, 0) is 48.7 Å². The topological polar surface area (TPSA) is 9.23 Å². The van der Waals surface area contributed by atoms with Crippen molar-refractivity contribution in [3.63, 3.8) is 0 Å². The Labute approximate surface area is 132 Å². The van der Waals surface area contributed by atoms with Crippen LogP contribution in [-0.2, 0) is 0 Å². The highest BCUT2D eigenvalue weighted by molar-refractivity contribution is 5.20. The van der Waals surface area contributed by atoms with E-state index >= 15 is 0 Å². The van der Waals surface area contributed by atoms with Crippen LogP contribution in [0.25, 0.3) is 0 Å². The Bertz CT molecular complexity index is 493. The Kier molecular flexibility index (Phi) is 6.37. The van der Waals surface area contributed by atoms with Crippen LogP contribution >= 0.6 is 0 Å². The van der Waals surface area contributed by atoms with E-state index in [4.69, 9.17) is 4.74 Å². The highest BCUT2D eigenvalue weighted by Gasteiger charge is 2.14. The molecule has 0 heterocycles. The summed E-state index contributed by atoms with van der Waals surface area (Å²) in [5.41, 5.74) is 0. The summed E-state index contributed by atoms with van der Waals surface area (Å²) in [4.78, 5) is 0. The molecule has 0 saturated heterocycles. The van der Waals surface area contributed by atoms with Crippen LogP contribution in [0.1, 0.15) is 26.7 Å². The highest BCUT2D eigenvalue weighted by Crippen LogP contribution is 2.12. The zero-order chi connectivity index (χ0) is 14.2. The molecule has 1 atom stereocenters. The molecule has 0 saturated carbocycles. The predicted molar refractivity (Wildman–Crippen MR) is 79.8 cm³/mol. The van der Waals surface area contributed by atoms with Gasteiger partial charge in [0, 0.05) is 0 Å². The van der Waals surface area contributed by atoms with E-state index in [0.717, 1.165) is 12.4 Å². The molecule has 1 unspecified atom stereocenters. The fourth-order valence-electron chi connectivity index (χ4n) is 2.01. The van der Waals surface area contributed by atoms with Gasteiger partial charge in [0.25, 0.3) is 0 Å². The second kappa shape index (κ2) is 8.30. The SMILES string of the molecule is CCCC(C)COc1ccc([I+]c2ccccc2)cc1. The van der Waals surface area contributed by atoms with Crippen molar-refractivity contribution in [2.45, 2.75) is 26.7 Å². The monoisotopic (exact) mass is 381 g/mol. The molecule has 20 heavy (non-hydrogen) atoms. The number of halogens is 1. The standard InChI is InChI=1S/C18H22IO/c1-3-7-15(2)14-20-18-12-10-17(11-13-18)19-16-8-5-4-6-9-16/h4-6,8-13,15H,3,7,14H2,1-2H3/q+1. The summed E-state index contributed by atoms with van der Waals surface area (Å²) in [6, 6.07) is 19.4. The molecular formula is C18H22IO+. The van der Waals surface area contributed by atoms with Crippen molar-refractivity contribution in [3.05, 3.63) is 61.7 Å². The fourth-order valence-corrected chi connectivity index (χ4v) is 4.23. The molecule has 2 heteroatoms. The Morgan fingerprint density at radius 2 is 1.60 bits per heavy atom. The first-order valence-corrected chi connectivity index (χ1v) is 9.36. The second-order valence-electron chi connectivity index (χ2n) is 5.05. The molecule has 106 valence electrons. The molecule has 1 nitrogen and oxygen atoms in total. The van der Waals surface area contributed by atoms with Gasteiger partial charge in [-0.25, -0.2) is 0 Å². The van der Waals surface area contributed by atoms with E-state index < -0.39 is 0 Å². The maximum atomic E-state index is 5.84. The third-order valence-corrected chi connectivity index (χ3v) is 5.76. The quantitative estimate of drug-likeness (QED) is 0.663. The van der Waals surface area contributed by atoms with E-state index in [0.29, 0.717) is 5.92 Å². The van der Waals surface area contributed by atoms with E-state index in [1.807, 2.05) is 0 Å². The smallest absolute Gasteiger partial charge is 0.357 e. The molecule has 0 aliphatic rings. The molecule has 0 N–H and O–H groups in total. The number of hydrogen-bond acceptors (Lipinski definition) is 1. The van der Waals surface area contributed by atoms with Crippen molar-refractivity contribution in [2.75, 3.05) is 6.61 Å². The molecule has 2 aromatic rings. The van der Waals surface area contributed by atoms with Gasteiger partial charge in [0.2, 0.25) is 0 Å². The largest absolute Gasteiger partial charge is 0.493 e. The highest BCUT2D eigenvalue weighted by atomic mass is 127. The lowest BCUT2D eigenvalue weighted by atomic mass is 10.1. The van der Waals surface area contributed by atoms with E-state index in [9.17, 15) is 0 Å². The van der Waals surface area contributed by atoms with Gasteiger partial charge in [-0.1, -0.05) is 38.5 Å². The normalized spacial score (nSPS) is 12.1. The van der Waals surface area contributed by atoms with E-state index in [1.54, 1.807) is 0 Å². The zero-order valence-electron chi connectivity index (χ0n) is 12.2. The van der Waals surface area contributed by atoms with Gasteiger partial charge in [-0.2, -0.15) is 0 Å². The van der Waals surface area contributed by atoms with Crippen molar-refractivity contribution in [3.8, 4) is 5.75 Å². The molecule has 0 aromatic heterocycles. The third-order valence-electron chi connectivity index (χ3n) is 3.08. The summed E-state index contributed by atoms with van der Waals surface area (Å²) >= 11 is -0.0682. The first kappa shape index (κ1) is 15.4. The minimum absolute atomic E-state index is 0.0682. The van der Waals surface area contributed by atoms with E-state index in [-0.39, 0.29) is 21.2 Å². The van der Waals surface area contributed by atoms with E-state index in [2.05, 4.69) is 68.4 Å². The number of ether oxygens (including phenoxy) is 1. The lowest BCUT2D eigenvalue weighted by Crippen LogP contribution is -3.61. The first-order valence-electron chi connectivity index (χ1n) is 7.20. The van der Waals surface area contributed by atoms with Gasteiger partial charge in [0.1, 0.15) is 5.75 Å². The number of hydrogen-bond donors (Lipinski definition) is 0. The van der Waals surface area contributed by atoms with Gasteiger partial charge in [0.15, 0.2) is 7.14 Å². The van der Waals surface area contributed by atoms with Crippen molar-refractivity contribution in [2.24, 2.45) is 5.92 Å². The summed E-state index contributed by atoms with van der Waals surface area (Å²) in [5, 5.41) is 0. The fraction of sp³-hybridized carbons (Fsp3) is 0.333. The zero-order valence-corrected chi connectivity index (χ0v) is 14.3. The van der Waals surface area contributed by atoms with E-state index in [1.165, 1.54) is 20.0 Å². The van der Waals surface area contributed by atoms with Gasteiger partial charge in [-0.15, -0.1) is 0 Å². The minimum atomic E-state index is -0.0682. The van der Waals surface area contributed by atoms with Crippen LogP contribution in [0.15, 0.2) is 54.6 Å². The summed E-state index contributed by atoms with van der Waals surface area (Å²) < 4.78 is 8.73. The average molecular weight is 381 g/mol. The second-order valence-corrected chi connectivity index (χ2v) is 8.08. The van der Waals surface area contributed by atoms with Gasteiger partial charge in [-0.3, -0.25) is 0 Å². The van der Waals surface area contributed by atoms with Crippen LogP contribution in [0.3, 0.4) is 0 Å². The van der Waals surface area contributed by atoms with Crippen LogP contribution in [-0.4, -0.2) is 6.61 Å². The molecular weight excluding hydrogens is 359 g/mol. The first-order chi connectivity index (χ1) is 9.78. The molecule has 0 radical (unpaired) electrons. The lowest BCUT2D eigenvalue weighted by Gasteiger charge is -2.11. The Morgan fingerprint density at radius 3 is 2.25 bits per heavy atom. The predicted octanol–water partition coefficient (Wildman–Crippen LogP) is 1.63. The molecule has 2 rings (SSSR count). The van der Waals surface area contributed by atoms with Crippen LogP contribution in [0.4, 0.5) is 0 Å². The Balaban J connectivity index is 1.87. The van der Waals surface area contributed by atoms with Crippen molar-refractivity contribution in [1.29, 1.82) is 0 Å².